The molecule has 1 aliphatic rings. The first kappa shape index (κ1) is 17.3. The molecule has 0 spiro atoms. The Bertz CT molecular complexity index is 398. The van der Waals surface area contributed by atoms with Gasteiger partial charge in [-0.25, -0.2) is 0 Å². The van der Waals surface area contributed by atoms with Crippen molar-refractivity contribution in [1.82, 2.24) is 5.32 Å². The highest BCUT2D eigenvalue weighted by Gasteiger charge is 2.12. The Kier molecular flexibility index (Phi) is 8.40. The third kappa shape index (κ3) is 6.83. The van der Waals surface area contributed by atoms with Crippen LogP contribution in [0.2, 0.25) is 0 Å². The molecule has 0 amide bonds. The average molecular weight is 303 g/mol. The summed E-state index contributed by atoms with van der Waals surface area (Å²) in [7, 11) is 0. The summed E-state index contributed by atoms with van der Waals surface area (Å²) >= 11 is 0. The van der Waals surface area contributed by atoms with Crippen LogP contribution in [0.3, 0.4) is 0 Å². The maximum atomic E-state index is 5.89. The van der Waals surface area contributed by atoms with E-state index in [1.807, 2.05) is 0 Å². The van der Waals surface area contributed by atoms with E-state index in [1.165, 1.54) is 69.8 Å². The Morgan fingerprint density at radius 2 is 1.86 bits per heavy atom. The summed E-state index contributed by atoms with van der Waals surface area (Å²) in [5.41, 5.74) is 1.34. The lowest BCUT2D eigenvalue weighted by Gasteiger charge is -2.23. The van der Waals surface area contributed by atoms with Gasteiger partial charge in [-0.3, -0.25) is 0 Å². The highest BCUT2D eigenvalue weighted by atomic mass is 16.5. The first-order chi connectivity index (χ1) is 10.9. The van der Waals surface area contributed by atoms with E-state index in [9.17, 15) is 0 Å². The van der Waals surface area contributed by atoms with Gasteiger partial charge in [-0.05, 0) is 37.0 Å². The van der Waals surface area contributed by atoms with Crippen LogP contribution in [-0.2, 0) is 6.54 Å². The maximum absolute atomic E-state index is 5.89. The minimum atomic E-state index is 0.719. The third-order valence-electron chi connectivity index (χ3n) is 4.62. The van der Waals surface area contributed by atoms with E-state index < -0.39 is 0 Å². The molecule has 0 aromatic heterocycles. The fourth-order valence-corrected chi connectivity index (χ4v) is 3.21. The molecule has 0 radical (unpaired) electrons. The van der Waals surface area contributed by atoms with E-state index in [0.717, 1.165) is 24.9 Å². The van der Waals surface area contributed by atoms with E-state index in [2.05, 4.69) is 36.5 Å². The molecule has 1 aromatic carbocycles. The lowest BCUT2D eigenvalue weighted by molar-refractivity contribution is 0.304. The van der Waals surface area contributed by atoms with Crippen molar-refractivity contribution in [3.05, 3.63) is 29.8 Å². The van der Waals surface area contributed by atoms with Crippen molar-refractivity contribution in [2.45, 2.75) is 83.7 Å². The molecule has 0 unspecified atom stereocenters. The van der Waals surface area contributed by atoms with Crippen LogP contribution in [0, 0.1) is 0 Å². The molecule has 1 fully saturated rings. The number of hydrogen-bond donors (Lipinski definition) is 1. The Balaban J connectivity index is 1.65. The molecule has 124 valence electrons. The molecule has 2 nitrogen and oxygen atoms in total. The number of hydrogen-bond acceptors (Lipinski definition) is 2. The summed E-state index contributed by atoms with van der Waals surface area (Å²) in [5, 5.41) is 3.70. The van der Waals surface area contributed by atoms with Crippen LogP contribution >= 0.6 is 0 Å². The Hall–Kier alpha value is -1.02. The van der Waals surface area contributed by atoms with E-state index >= 15 is 0 Å². The van der Waals surface area contributed by atoms with Gasteiger partial charge in [-0.1, -0.05) is 64.0 Å². The molecule has 2 heteroatoms. The molecule has 1 N–H and O–H groups in total. The summed E-state index contributed by atoms with van der Waals surface area (Å²) in [6.07, 6.45) is 13.3. The fourth-order valence-electron chi connectivity index (χ4n) is 3.21. The lowest BCUT2D eigenvalue weighted by atomic mass is 9.95. The van der Waals surface area contributed by atoms with Crippen molar-refractivity contribution >= 4 is 0 Å². The number of ether oxygens (including phenoxy) is 1. The third-order valence-corrected chi connectivity index (χ3v) is 4.62. The number of unbranched alkanes of at least 4 members (excludes halogenated alkanes) is 4. The van der Waals surface area contributed by atoms with Gasteiger partial charge < -0.3 is 10.1 Å². The first-order valence-corrected chi connectivity index (χ1v) is 9.33. The zero-order valence-corrected chi connectivity index (χ0v) is 14.3. The van der Waals surface area contributed by atoms with Crippen molar-refractivity contribution in [3.63, 3.8) is 0 Å². The van der Waals surface area contributed by atoms with Gasteiger partial charge in [0.15, 0.2) is 0 Å². The predicted octanol–water partition coefficient (Wildman–Crippen LogP) is 5.46. The largest absolute Gasteiger partial charge is 0.494 e. The van der Waals surface area contributed by atoms with E-state index in [0.29, 0.717) is 0 Å². The molecule has 0 bridgehead atoms. The maximum Gasteiger partial charge on any atom is 0.119 e. The quantitative estimate of drug-likeness (QED) is 0.580. The van der Waals surface area contributed by atoms with Crippen molar-refractivity contribution < 1.29 is 4.74 Å². The SMILES string of the molecule is CCCCCCCOc1cccc(CNC2CCCCC2)c1. The van der Waals surface area contributed by atoms with Crippen LogP contribution < -0.4 is 10.1 Å². The van der Waals surface area contributed by atoms with Crippen LogP contribution in [0.25, 0.3) is 0 Å². The zero-order chi connectivity index (χ0) is 15.5. The molecule has 0 aliphatic heterocycles. The summed E-state index contributed by atoms with van der Waals surface area (Å²) < 4.78 is 5.89. The van der Waals surface area contributed by atoms with Gasteiger partial charge in [-0.2, -0.15) is 0 Å². The molecule has 1 saturated carbocycles. The smallest absolute Gasteiger partial charge is 0.119 e. The van der Waals surface area contributed by atoms with E-state index in [1.54, 1.807) is 0 Å². The topological polar surface area (TPSA) is 21.3 Å². The monoisotopic (exact) mass is 303 g/mol. The molecule has 22 heavy (non-hydrogen) atoms. The van der Waals surface area contributed by atoms with Gasteiger partial charge in [0.2, 0.25) is 0 Å². The Labute approximate surface area is 136 Å². The summed E-state index contributed by atoms with van der Waals surface area (Å²) in [6.45, 7) is 4.07. The van der Waals surface area contributed by atoms with Crippen LogP contribution in [0.1, 0.15) is 76.7 Å². The second kappa shape index (κ2) is 10.7. The Morgan fingerprint density at radius 3 is 2.68 bits per heavy atom. The summed E-state index contributed by atoms with van der Waals surface area (Å²) in [4.78, 5) is 0. The van der Waals surface area contributed by atoms with Crippen LogP contribution in [-0.4, -0.2) is 12.6 Å². The van der Waals surface area contributed by atoms with Gasteiger partial charge in [0.05, 0.1) is 6.61 Å². The van der Waals surface area contributed by atoms with Crippen molar-refractivity contribution in [2.75, 3.05) is 6.61 Å². The zero-order valence-electron chi connectivity index (χ0n) is 14.3. The summed E-state index contributed by atoms with van der Waals surface area (Å²) in [6, 6.07) is 9.31. The molecule has 1 aromatic rings. The van der Waals surface area contributed by atoms with Crippen LogP contribution in [0.4, 0.5) is 0 Å². The number of nitrogens with one attached hydrogen (secondary N) is 1. The van der Waals surface area contributed by atoms with Gasteiger partial charge in [0, 0.05) is 12.6 Å². The Morgan fingerprint density at radius 1 is 1.05 bits per heavy atom. The lowest BCUT2D eigenvalue weighted by Crippen LogP contribution is -2.30. The van der Waals surface area contributed by atoms with Crippen LogP contribution in [0.15, 0.2) is 24.3 Å². The first-order valence-electron chi connectivity index (χ1n) is 9.33. The second-order valence-electron chi connectivity index (χ2n) is 6.63. The van der Waals surface area contributed by atoms with Gasteiger partial charge in [0.1, 0.15) is 5.75 Å². The fraction of sp³-hybridized carbons (Fsp3) is 0.700. The van der Waals surface area contributed by atoms with Crippen LogP contribution in [0.5, 0.6) is 5.75 Å². The number of rotatable bonds is 10. The molecule has 0 saturated heterocycles. The normalized spacial score (nSPS) is 15.9. The van der Waals surface area contributed by atoms with E-state index in [-0.39, 0.29) is 0 Å². The van der Waals surface area contributed by atoms with Crippen molar-refractivity contribution in [1.29, 1.82) is 0 Å². The second-order valence-corrected chi connectivity index (χ2v) is 6.63. The van der Waals surface area contributed by atoms with Gasteiger partial charge in [-0.15, -0.1) is 0 Å². The minimum absolute atomic E-state index is 0.719. The van der Waals surface area contributed by atoms with Crippen molar-refractivity contribution in [2.24, 2.45) is 0 Å². The number of benzene rings is 1. The minimum Gasteiger partial charge on any atom is -0.494 e. The molecular formula is C20H33NO. The molecular weight excluding hydrogens is 270 g/mol. The van der Waals surface area contributed by atoms with Gasteiger partial charge in [0.25, 0.3) is 0 Å². The highest BCUT2D eigenvalue weighted by Crippen LogP contribution is 2.19. The molecule has 0 heterocycles. The molecule has 2 rings (SSSR count). The molecule has 1 aliphatic carbocycles. The van der Waals surface area contributed by atoms with Crippen molar-refractivity contribution in [3.8, 4) is 5.75 Å². The standard InChI is InChI=1S/C20H33NO/c1-2-3-4-5-9-15-22-20-14-10-11-18(16-20)17-21-19-12-7-6-8-13-19/h10-11,14,16,19,21H,2-9,12-13,15,17H2,1H3. The predicted molar refractivity (Wildman–Crippen MR) is 94.4 cm³/mol. The van der Waals surface area contributed by atoms with E-state index in [4.69, 9.17) is 4.74 Å². The highest BCUT2D eigenvalue weighted by molar-refractivity contribution is 5.28. The van der Waals surface area contributed by atoms with Gasteiger partial charge >= 0.3 is 0 Å². The average Bonchev–Trinajstić information content (AvgIpc) is 2.57. The summed E-state index contributed by atoms with van der Waals surface area (Å²) in [5.74, 6) is 1.03. The molecule has 0 atom stereocenters.